The number of nitrogens with two attached hydrogens (primary N) is 1. The molecule has 0 saturated carbocycles. The van der Waals surface area contributed by atoms with Gasteiger partial charge in [0.2, 0.25) is 0 Å². The summed E-state index contributed by atoms with van der Waals surface area (Å²) in [6.45, 7) is 0.530. The molecule has 5 N–H and O–H groups in total. The molecule has 1 aromatic heterocycles. The lowest BCUT2D eigenvalue weighted by molar-refractivity contribution is 0.0697. The van der Waals surface area contributed by atoms with Gasteiger partial charge in [0.15, 0.2) is 0 Å². The molecule has 6 nitrogen and oxygen atoms in total. The average molecular weight is 273 g/mol. The van der Waals surface area contributed by atoms with E-state index in [4.69, 9.17) is 10.8 Å². The quantitative estimate of drug-likeness (QED) is 0.660. The van der Waals surface area contributed by atoms with Gasteiger partial charge in [-0.2, -0.15) is 0 Å². The van der Waals surface area contributed by atoms with Gasteiger partial charge >= 0.3 is 5.97 Å². The van der Waals surface area contributed by atoms with Crippen molar-refractivity contribution in [3.8, 4) is 5.75 Å². The molecule has 1 aromatic carbocycles. The molecule has 0 unspecified atom stereocenters. The van der Waals surface area contributed by atoms with Crippen molar-refractivity contribution in [1.29, 1.82) is 0 Å². The van der Waals surface area contributed by atoms with Crippen molar-refractivity contribution in [3.05, 3.63) is 47.7 Å². The number of aromatic carboxylic acids is 1. The van der Waals surface area contributed by atoms with Crippen LogP contribution in [-0.4, -0.2) is 27.7 Å². The zero-order valence-electron chi connectivity index (χ0n) is 10.7. The fourth-order valence-corrected chi connectivity index (χ4v) is 1.77. The van der Waals surface area contributed by atoms with Crippen LogP contribution in [0.5, 0.6) is 5.75 Å². The highest BCUT2D eigenvalue weighted by molar-refractivity contribution is 5.94. The molecule has 0 saturated heterocycles. The van der Waals surface area contributed by atoms with Crippen LogP contribution in [-0.2, 0) is 6.42 Å². The van der Waals surface area contributed by atoms with Crippen LogP contribution in [0.1, 0.15) is 15.9 Å². The topological polar surface area (TPSA) is 108 Å². The van der Waals surface area contributed by atoms with Gasteiger partial charge in [0.05, 0.1) is 11.9 Å². The van der Waals surface area contributed by atoms with Crippen LogP contribution >= 0.6 is 0 Å². The number of phenols is 1. The summed E-state index contributed by atoms with van der Waals surface area (Å²) in [5.41, 5.74) is 6.92. The predicted octanol–water partition coefficient (Wildman–Crippen LogP) is 1.72. The van der Waals surface area contributed by atoms with Crippen molar-refractivity contribution >= 4 is 17.5 Å². The maximum Gasteiger partial charge on any atom is 0.339 e. The normalized spacial score (nSPS) is 10.2. The summed E-state index contributed by atoms with van der Waals surface area (Å²) in [5.74, 6) is -0.558. The van der Waals surface area contributed by atoms with E-state index in [0.29, 0.717) is 24.5 Å². The van der Waals surface area contributed by atoms with Crippen LogP contribution in [0.15, 0.2) is 36.5 Å². The third kappa shape index (κ3) is 3.38. The number of hydrogen-bond acceptors (Lipinski definition) is 5. The van der Waals surface area contributed by atoms with Crippen molar-refractivity contribution < 1.29 is 15.0 Å². The number of benzene rings is 1. The van der Waals surface area contributed by atoms with Gasteiger partial charge in [-0.05, 0) is 30.2 Å². The second-order valence-electron chi connectivity index (χ2n) is 4.31. The summed E-state index contributed by atoms with van der Waals surface area (Å²) in [6, 6.07) is 8.22. The molecule has 2 aromatic rings. The highest BCUT2D eigenvalue weighted by atomic mass is 16.4. The summed E-state index contributed by atoms with van der Waals surface area (Å²) in [7, 11) is 0. The number of carboxylic acid groups (broad SMARTS) is 1. The van der Waals surface area contributed by atoms with E-state index in [0.717, 1.165) is 5.56 Å². The minimum Gasteiger partial charge on any atom is -0.508 e. The van der Waals surface area contributed by atoms with Crippen LogP contribution in [0.4, 0.5) is 11.5 Å². The molecule has 20 heavy (non-hydrogen) atoms. The second-order valence-corrected chi connectivity index (χ2v) is 4.31. The van der Waals surface area contributed by atoms with E-state index in [-0.39, 0.29) is 11.3 Å². The Bertz CT molecular complexity index is 612. The van der Waals surface area contributed by atoms with Crippen molar-refractivity contribution in [2.45, 2.75) is 6.42 Å². The van der Waals surface area contributed by atoms with Gasteiger partial charge in [-0.1, -0.05) is 12.1 Å². The lowest BCUT2D eigenvalue weighted by Crippen LogP contribution is -2.11. The molecule has 6 heteroatoms. The van der Waals surface area contributed by atoms with E-state index in [2.05, 4.69) is 10.3 Å². The number of anilines is 2. The van der Waals surface area contributed by atoms with E-state index < -0.39 is 5.97 Å². The molecular formula is C14H15N3O3. The Morgan fingerprint density at radius 2 is 2.00 bits per heavy atom. The summed E-state index contributed by atoms with van der Waals surface area (Å²) < 4.78 is 0. The smallest absolute Gasteiger partial charge is 0.339 e. The highest BCUT2D eigenvalue weighted by Gasteiger charge is 2.11. The van der Waals surface area contributed by atoms with Gasteiger partial charge in [-0.25, -0.2) is 9.78 Å². The van der Waals surface area contributed by atoms with E-state index in [1.165, 1.54) is 12.3 Å². The zero-order chi connectivity index (χ0) is 14.5. The van der Waals surface area contributed by atoms with E-state index in [1.807, 2.05) is 12.1 Å². The van der Waals surface area contributed by atoms with Crippen LogP contribution in [0.3, 0.4) is 0 Å². The molecule has 0 fully saturated rings. The van der Waals surface area contributed by atoms with E-state index in [1.54, 1.807) is 12.1 Å². The molecule has 0 aliphatic rings. The number of carboxylic acids is 1. The number of nitrogens with zero attached hydrogens (tertiary/aromatic N) is 1. The van der Waals surface area contributed by atoms with E-state index >= 15 is 0 Å². The number of hydrogen-bond donors (Lipinski definition) is 4. The first-order chi connectivity index (χ1) is 9.56. The third-order valence-corrected chi connectivity index (χ3v) is 2.78. The molecule has 0 atom stereocenters. The second kappa shape index (κ2) is 5.92. The fraction of sp³-hybridized carbons (Fsp3) is 0.143. The number of nitrogens with one attached hydrogen (secondary N) is 1. The van der Waals surface area contributed by atoms with Gasteiger partial charge in [-0.3, -0.25) is 0 Å². The van der Waals surface area contributed by atoms with Gasteiger partial charge in [0.25, 0.3) is 0 Å². The van der Waals surface area contributed by atoms with Gasteiger partial charge in [0.1, 0.15) is 17.1 Å². The van der Waals surface area contributed by atoms with Gasteiger partial charge < -0.3 is 21.3 Å². The molecule has 0 radical (unpaired) electrons. The first-order valence-corrected chi connectivity index (χ1v) is 6.07. The number of nitrogen functional groups attached to an aromatic ring is 1. The molecule has 0 bridgehead atoms. The van der Waals surface area contributed by atoms with Crippen LogP contribution in [0.25, 0.3) is 0 Å². The molecule has 0 aliphatic carbocycles. The average Bonchev–Trinajstić information content (AvgIpc) is 2.42. The Hall–Kier alpha value is -2.76. The summed E-state index contributed by atoms with van der Waals surface area (Å²) in [6.07, 6.45) is 2.10. The molecular weight excluding hydrogens is 258 g/mol. The Balaban J connectivity index is 2.00. The number of carbonyl (C=O) groups is 1. The molecule has 104 valence electrons. The molecule has 1 heterocycles. The van der Waals surface area contributed by atoms with Crippen LogP contribution in [0, 0.1) is 0 Å². The SMILES string of the molecule is Nc1cnc(NCCc2ccc(O)cc2)c(C(=O)O)c1. The summed E-state index contributed by atoms with van der Waals surface area (Å²) in [5, 5.41) is 21.2. The predicted molar refractivity (Wildman–Crippen MR) is 75.9 cm³/mol. The summed E-state index contributed by atoms with van der Waals surface area (Å²) >= 11 is 0. The number of rotatable bonds is 5. The summed E-state index contributed by atoms with van der Waals surface area (Å²) in [4.78, 5) is 15.1. The standard InChI is InChI=1S/C14H15N3O3/c15-10-7-12(14(19)20)13(17-8-10)16-6-5-9-1-3-11(18)4-2-9/h1-4,7-8,18H,5-6,15H2,(H,16,17)(H,19,20). The lowest BCUT2D eigenvalue weighted by atomic mass is 10.1. The fourth-order valence-electron chi connectivity index (χ4n) is 1.77. The first-order valence-electron chi connectivity index (χ1n) is 6.07. The molecule has 0 spiro atoms. The molecule has 0 amide bonds. The van der Waals surface area contributed by atoms with Crippen LogP contribution < -0.4 is 11.1 Å². The minimum absolute atomic E-state index is 0.0516. The maximum atomic E-state index is 11.1. The first kappa shape index (κ1) is 13.7. The monoisotopic (exact) mass is 273 g/mol. The van der Waals surface area contributed by atoms with Crippen molar-refractivity contribution in [3.63, 3.8) is 0 Å². The molecule has 0 aliphatic heterocycles. The van der Waals surface area contributed by atoms with Gasteiger partial charge in [0, 0.05) is 6.54 Å². The van der Waals surface area contributed by atoms with Crippen LogP contribution in [0.2, 0.25) is 0 Å². The Labute approximate surface area is 115 Å². The number of phenolic OH excluding ortho intramolecular Hbond substituents is 1. The van der Waals surface area contributed by atoms with Crippen molar-refractivity contribution in [1.82, 2.24) is 4.98 Å². The third-order valence-electron chi connectivity index (χ3n) is 2.78. The highest BCUT2D eigenvalue weighted by Crippen LogP contribution is 2.16. The number of aromatic nitrogens is 1. The van der Waals surface area contributed by atoms with Gasteiger partial charge in [-0.15, -0.1) is 0 Å². The number of pyridine rings is 1. The number of aromatic hydroxyl groups is 1. The van der Waals surface area contributed by atoms with E-state index in [9.17, 15) is 9.90 Å². The Morgan fingerprint density at radius 1 is 1.30 bits per heavy atom. The maximum absolute atomic E-state index is 11.1. The lowest BCUT2D eigenvalue weighted by Gasteiger charge is -2.09. The Kier molecular flexibility index (Phi) is 4.05. The minimum atomic E-state index is -1.07. The largest absolute Gasteiger partial charge is 0.508 e. The van der Waals surface area contributed by atoms with Crippen molar-refractivity contribution in [2.75, 3.05) is 17.6 Å². The molecule has 2 rings (SSSR count). The Morgan fingerprint density at radius 3 is 2.65 bits per heavy atom. The zero-order valence-corrected chi connectivity index (χ0v) is 10.7. The van der Waals surface area contributed by atoms with Crippen molar-refractivity contribution in [2.24, 2.45) is 0 Å².